The van der Waals surface area contributed by atoms with Crippen LogP contribution in [0.5, 0.6) is 0 Å². The van der Waals surface area contributed by atoms with E-state index in [1.54, 1.807) is 34.3 Å². The van der Waals surface area contributed by atoms with Crippen LogP contribution in [0, 0.1) is 11.7 Å². The van der Waals surface area contributed by atoms with Crippen LogP contribution in [0.15, 0.2) is 47.1 Å². The number of nitrogens with zero attached hydrogens (tertiary/aromatic N) is 3. The molecular formula is C26H34FN3O4. The molecule has 2 aromatic rings. The number of morpholine rings is 1. The zero-order valence-corrected chi connectivity index (χ0v) is 19.7. The van der Waals surface area contributed by atoms with Gasteiger partial charge in [0.05, 0.1) is 32.6 Å². The minimum absolute atomic E-state index is 0.0341. The molecule has 2 aliphatic rings. The third-order valence-corrected chi connectivity index (χ3v) is 6.66. The van der Waals surface area contributed by atoms with Crippen LogP contribution in [0.4, 0.5) is 4.39 Å². The number of hydrogen-bond acceptors (Lipinski definition) is 5. The first-order valence-corrected chi connectivity index (χ1v) is 12.2. The van der Waals surface area contributed by atoms with Gasteiger partial charge >= 0.3 is 0 Å². The van der Waals surface area contributed by atoms with Crippen molar-refractivity contribution in [3.8, 4) is 0 Å². The lowest BCUT2D eigenvalue weighted by Crippen LogP contribution is -2.47. The summed E-state index contributed by atoms with van der Waals surface area (Å²) >= 11 is 0. The highest BCUT2D eigenvalue weighted by Crippen LogP contribution is 2.28. The fraction of sp³-hybridized carbons (Fsp3) is 0.538. The predicted octanol–water partition coefficient (Wildman–Crippen LogP) is 3.30. The average molecular weight is 472 g/mol. The van der Waals surface area contributed by atoms with Crippen molar-refractivity contribution < 1.29 is 23.1 Å². The lowest BCUT2D eigenvalue weighted by molar-refractivity contribution is -0.145. The molecular weight excluding hydrogens is 437 g/mol. The van der Waals surface area contributed by atoms with Gasteiger partial charge in [0.1, 0.15) is 11.6 Å². The summed E-state index contributed by atoms with van der Waals surface area (Å²) in [5.74, 6) is 0.331. The van der Waals surface area contributed by atoms with Gasteiger partial charge in [0.25, 0.3) is 0 Å². The number of halogens is 1. The van der Waals surface area contributed by atoms with Gasteiger partial charge < -0.3 is 19.0 Å². The van der Waals surface area contributed by atoms with E-state index in [-0.39, 0.29) is 30.1 Å². The Kier molecular flexibility index (Phi) is 8.71. The number of hydrogen-bond donors (Lipinski definition) is 0. The predicted molar refractivity (Wildman–Crippen MR) is 125 cm³/mol. The van der Waals surface area contributed by atoms with E-state index in [2.05, 4.69) is 4.90 Å². The molecule has 0 N–H and O–H groups in total. The van der Waals surface area contributed by atoms with Crippen molar-refractivity contribution in [2.45, 2.75) is 38.8 Å². The van der Waals surface area contributed by atoms with Crippen molar-refractivity contribution in [3.63, 3.8) is 0 Å². The lowest BCUT2D eigenvalue weighted by atomic mass is 9.84. The fourth-order valence-electron chi connectivity index (χ4n) is 4.39. The largest absolute Gasteiger partial charge is 0.467 e. The number of carbonyl (C=O) groups is 2. The van der Waals surface area contributed by atoms with Gasteiger partial charge in [-0.25, -0.2) is 4.39 Å². The lowest BCUT2D eigenvalue weighted by Gasteiger charge is -2.34. The summed E-state index contributed by atoms with van der Waals surface area (Å²) in [6.07, 6.45) is 5.27. The Morgan fingerprint density at radius 3 is 2.44 bits per heavy atom. The fourth-order valence-corrected chi connectivity index (χ4v) is 4.39. The minimum atomic E-state index is -0.315. The Labute approximate surface area is 200 Å². The van der Waals surface area contributed by atoms with Crippen molar-refractivity contribution in [1.29, 1.82) is 0 Å². The molecule has 1 saturated heterocycles. The van der Waals surface area contributed by atoms with Gasteiger partial charge in [0.2, 0.25) is 11.8 Å². The number of amides is 2. The normalized spacial score (nSPS) is 16.7. The standard InChI is InChI=1S/C26H34FN3O4/c27-23-9-7-21(8-10-23)18-30(19-24-6-2-15-34-24)25(31)20-29(26(32)22-4-1-5-22)12-3-11-28-13-16-33-17-14-28/h2,6-10,15,22H,1,3-5,11-14,16-20H2. The molecule has 7 nitrogen and oxygen atoms in total. The Morgan fingerprint density at radius 1 is 1.03 bits per heavy atom. The van der Waals surface area contributed by atoms with Crippen LogP contribution < -0.4 is 0 Å². The molecule has 1 saturated carbocycles. The summed E-state index contributed by atoms with van der Waals surface area (Å²) in [6.45, 7) is 5.40. The monoisotopic (exact) mass is 471 g/mol. The number of furan rings is 1. The molecule has 4 rings (SSSR count). The van der Waals surface area contributed by atoms with Crippen molar-refractivity contribution in [3.05, 3.63) is 59.8 Å². The second-order valence-corrected chi connectivity index (χ2v) is 9.15. The van der Waals surface area contributed by atoms with E-state index in [1.807, 2.05) is 6.07 Å². The molecule has 34 heavy (non-hydrogen) atoms. The zero-order chi connectivity index (χ0) is 23.8. The van der Waals surface area contributed by atoms with Gasteiger partial charge in [0, 0.05) is 38.6 Å². The van der Waals surface area contributed by atoms with E-state index in [4.69, 9.17) is 9.15 Å². The minimum Gasteiger partial charge on any atom is -0.467 e. The van der Waals surface area contributed by atoms with Crippen molar-refractivity contribution in [2.24, 2.45) is 5.92 Å². The molecule has 184 valence electrons. The number of ether oxygens (including phenoxy) is 1. The summed E-state index contributed by atoms with van der Waals surface area (Å²) in [7, 11) is 0. The molecule has 0 radical (unpaired) electrons. The highest BCUT2D eigenvalue weighted by molar-refractivity contribution is 5.86. The van der Waals surface area contributed by atoms with E-state index >= 15 is 0 Å². The quantitative estimate of drug-likeness (QED) is 0.503. The van der Waals surface area contributed by atoms with Gasteiger partial charge in [-0.3, -0.25) is 14.5 Å². The summed E-state index contributed by atoms with van der Waals surface area (Å²) in [6, 6.07) is 9.75. The molecule has 1 aliphatic carbocycles. The van der Waals surface area contributed by atoms with E-state index in [1.165, 1.54) is 12.1 Å². The first-order valence-electron chi connectivity index (χ1n) is 12.2. The van der Waals surface area contributed by atoms with Crippen LogP contribution in [-0.2, 0) is 27.4 Å². The van der Waals surface area contributed by atoms with Crippen molar-refractivity contribution in [1.82, 2.24) is 14.7 Å². The maximum Gasteiger partial charge on any atom is 0.242 e. The Morgan fingerprint density at radius 2 is 1.79 bits per heavy atom. The average Bonchev–Trinajstić information content (AvgIpc) is 3.32. The molecule has 1 aromatic carbocycles. The molecule has 2 amide bonds. The van der Waals surface area contributed by atoms with Gasteiger partial charge in [-0.1, -0.05) is 18.6 Å². The molecule has 0 unspecified atom stereocenters. The number of carbonyl (C=O) groups excluding carboxylic acids is 2. The summed E-state index contributed by atoms with van der Waals surface area (Å²) in [5, 5.41) is 0. The van der Waals surface area contributed by atoms with Crippen molar-refractivity contribution in [2.75, 3.05) is 45.9 Å². The molecule has 2 fully saturated rings. The van der Waals surface area contributed by atoms with E-state index < -0.39 is 0 Å². The Hall–Kier alpha value is -2.71. The van der Waals surface area contributed by atoms with Crippen LogP contribution >= 0.6 is 0 Å². The zero-order valence-electron chi connectivity index (χ0n) is 19.7. The smallest absolute Gasteiger partial charge is 0.242 e. The third kappa shape index (κ3) is 6.90. The van der Waals surface area contributed by atoms with E-state index in [0.717, 1.165) is 64.1 Å². The molecule has 8 heteroatoms. The van der Waals surface area contributed by atoms with Gasteiger partial charge in [-0.05, 0) is 49.1 Å². The highest BCUT2D eigenvalue weighted by atomic mass is 19.1. The molecule has 0 bridgehead atoms. The third-order valence-electron chi connectivity index (χ3n) is 6.66. The SMILES string of the molecule is O=C(CN(CCCN1CCOCC1)C(=O)C1CCC1)N(Cc1ccc(F)cc1)Cc1ccco1. The van der Waals surface area contributed by atoms with Crippen LogP contribution in [-0.4, -0.2) is 72.5 Å². The molecule has 0 atom stereocenters. The Bertz CT molecular complexity index is 909. The van der Waals surface area contributed by atoms with Crippen molar-refractivity contribution >= 4 is 11.8 Å². The van der Waals surface area contributed by atoms with Gasteiger partial charge in [-0.2, -0.15) is 0 Å². The highest BCUT2D eigenvalue weighted by Gasteiger charge is 2.31. The summed E-state index contributed by atoms with van der Waals surface area (Å²) in [4.78, 5) is 32.3. The molecule has 0 spiro atoms. The number of rotatable bonds is 11. The maximum absolute atomic E-state index is 13.4. The topological polar surface area (TPSA) is 66.2 Å². The molecule has 1 aromatic heterocycles. The second kappa shape index (κ2) is 12.1. The van der Waals surface area contributed by atoms with E-state index in [0.29, 0.717) is 25.4 Å². The van der Waals surface area contributed by atoms with Crippen LogP contribution in [0.2, 0.25) is 0 Å². The Balaban J connectivity index is 1.41. The van der Waals surface area contributed by atoms with E-state index in [9.17, 15) is 14.0 Å². The van der Waals surface area contributed by atoms with Gasteiger partial charge in [-0.15, -0.1) is 0 Å². The van der Waals surface area contributed by atoms with Crippen LogP contribution in [0.1, 0.15) is 37.0 Å². The summed E-state index contributed by atoms with van der Waals surface area (Å²) in [5.41, 5.74) is 0.825. The first-order chi connectivity index (χ1) is 16.6. The molecule has 1 aliphatic heterocycles. The first kappa shape index (κ1) is 24.4. The summed E-state index contributed by atoms with van der Waals surface area (Å²) < 4.78 is 24.2. The molecule has 2 heterocycles. The van der Waals surface area contributed by atoms with Gasteiger partial charge in [0.15, 0.2) is 0 Å². The number of benzene rings is 1. The van der Waals surface area contributed by atoms with Crippen LogP contribution in [0.25, 0.3) is 0 Å². The second-order valence-electron chi connectivity index (χ2n) is 9.15. The van der Waals surface area contributed by atoms with Crippen LogP contribution in [0.3, 0.4) is 0 Å². The maximum atomic E-state index is 13.4.